The molecule has 3 nitrogen and oxygen atoms in total. The molecule has 0 aliphatic heterocycles. The Morgan fingerprint density at radius 2 is 1.00 bits per heavy atom. The molecule has 3 rings (SSSR count). The van der Waals surface area contributed by atoms with E-state index in [1.807, 2.05) is 12.1 Å². The highest BCUT2D eigenvalue weighted by Gasteiger charge is 2.41. The lowest BCUT2D eigenvalue weighted by Gasteiger charge is -2.38. The van der Waals surface area contributed by atoms with E-state index in [-0.39, 0.29) is 0 Å². The van der Waals surface area contributed by atoms with E-state index in [9.17, 15) is 0 Å². The van der Waals surface area contributed by atoms with E-state index < -0.39 is 8.07 Å². The van der Waals surface area contributed by atoms with Gasteiger partial charge in [-0.3, -0.25) is 0 Å². The Hall–Kier alpha value is -3.11. The number of benzene rings is 2. The summed E-state index contributed by atoms with van der Waals surface area (Å²) in [7, 11) is -1.89. The molecule has 0 radical (unpaired) electrons. The third-order valence-electron chi connectivity index (χ3n) is 9.53. The van der Waals surface area contributed by atoms with Crippen molar-refractivity contribution in [2.24, 2.45) is 0 Å². The first-order chi connectivity index (χ1) is 24.6. The smallest absolute Gasteiger partial charge is 0.146 e. The number of hydrogen-bond acceptors (Lipinski definition) is 3. The molecule has 0 atom stereocenters. The van der Waals surface area contributed by atoms with Crippen molar-refractivity contribution in [2.75, 3.05) is 13.2 Å². The number of ether oxygens (including phenoxy) is 2. The van der Waals surface area contributed by atoms with Crippen molar-refractivity contribution < 1.29 is 9.47 Å². The minimum absolute atomic E-state index is 0.536. The molecule has 0 aliphatic rings. The number of aromatic nitrogens is 1. The van der Waals surface area contributed by atoms with Gasteiger partial charge in [0.2, 0.25) is 0 Å². The van der Waals surface area contributed by atoms with Crippen LogP contribution in [0.3, 0.4) is 0 Å². The lowest BCUT2D eigenvalue weighted by Crippen LogP contribution is -2.43. The minimum Gasteiger partial charge on any atom is -0.377 e. The zero-order valence-corrected chi connectivity index (χ0v) is 35.1. The first kappa shape index (κ1) is 42.3. The van der Waals surface area contributed by atoms with Gasteiger partial charge in [-0.05, 0) is 105 Å². The quantitative estimate of drug-likeness (QED) is 0.0593. The summed E-state index contributed by atoms with van der Waals surface area (Å²) in [5.74, 6) is 17.2. The zero-order valence-electron chi connectivity index (χ0n) is 32.6. The van der Waals surface area contributed by atoms with Gasteiger partial charge in [0.25, 0.3) is 0 Å². The van der Waals surface area contributed by atoms with Gasteiger partial charge in [-0.2, -0.15) is 0 Å². The fraction of sp³-hybridized carbons (Fsp3) is 0.500. The van der Waals surface area contributed by atoms with E-state index in [1.54, 1.807) is 6.20 Å². The lowest BCUT2D eigenvalue weighted by molar-refractivity contribution is 0.116. The van der Waals surface area contributed by atoms with Crippen LogP contribution in [-0.2, 0) is 22.7 Å². The molecule has 0 saturated carbocycles. The van der Waals surface area contributed by atoms with Gasteiger partial charge in [0, 0.05) is 47.2 Å². The van der Waals surface area contributed by atoms with Crippen LogP contribution in [0.4, 0.5) is 0 Å². The Morgan fingerprint density at radius 1 is 0.569 bits per heavy atom. The van der Waals surface area contributed by atoms with Gasteiger partial charge in [-0.15, -0.1) is 5.54 Å². The van der Waals surface area contributed by atoms with Gasteiger partial charge in [0.15, 0.2) is 0 Å². The van der Waals surface area contributed by atoms with Gasteiger partial charge in [-0.1, -0.05) is 124 Å². The third kappa shape index (κ3) is 14.4. The second-order valence-electron chi connectivity index (χ2n) is 14.6. The van der Waals surface area contributed by atoms with E-state index in [2.05, 4.69) is 148 Å². The van der Waals surface area contributed by atoms with Gasteiger partial charge < -0.3 is 9.47 Å². The van der Waals surface area contributed by atoms with E-state index in [0.717, 1.165) is 69.6 Å². The third-order valence-corrected chi connectivity index (χ3v) is 16.3. The predicted octanol–water partition coefficient (Wildman–Crippen LogP) is 12.4. The number of unbranched alkanes of at least 4 members (excludes halogenated alkanes) is 6. The van der Waals surface area contributed by atoms with E-state index in [0.29, 0.717) is 29.8 Å². The maximum Gasteiger partial charge on any atom is 0.146 e. The molecule has 1 aromatic heterocycles. The highest BCUT2D eigenvalue weighted by atomic mass is 79.9. The fourth-order valence-corrected chi connectivity index (χ4v) is 12.3. The topological polar surface area (TPSA) is 31.4 Å². The minimum atomic E-state index is -1.89. The van der Waals surface area contributed by atoms with Crippen LogP contribution in [0.1, 0.15) is 146 Å². The summed E-state index contributed by atoms with van der Waals surface area (Å²) in [5, 5.41) is 0. The van der Waals surface area contributed by atoms with Gasteiger partial charge in [0.05, 0.1) is 13.2 Å². The van der Waals surface area contributed by atoms with Gasteiger partial charge in [-0.25, -0.2) is 4.98 Å². The molecular weight excluding hydrogens is 707 g/mol. The van der Waals surface area contributed by atoms with Crippen molar-refractivity contribution >= 4 is 24.0 Å². The first-order valence-corrected chi connectivity index (χ1v) is 22.2. The first-order valence-electron chi connectivity index (χ1n) is 19.2. The molecule has 272 valence electrons. The fourth-order valence-electron chi connectivity index (χ4n) is 6.83. The second kappa shape index (κ2) is 22.7. The largest absolute Gasteiger partial charge is 0.377 e. The zero-order chi connectivity index (χ0) is 37.1. The number of hydrogen-bond donors (Lipinski definition) is 0. The van der Waals surface area contributed by atoms with E-state index >= 15 is 0 Å². The summed E-state index contributed by atoms with van der Waals surface area (Å²) in [4.78, 5) is 4.32. The van der Waals surface area contributed by atoms with Crippen molar-refractivity contribution in [3.8, 4) is 35.1 Å². The van der Waals surface area contributed by atoms with Crippen molar-refractivity contribution in [1.29, 1.82) is 0 Å². The van der Waals surface area contributed by atoms with E-state index in [4.69, 9.17) is 9.47 Å². The summed E-state index contributed by atoms with van der Waals surface area (Å²) < 4.78 is 13.0. The average Bonchev–Trinajstić information content (AvgIpc) is 3.10. The SMILES string of the molecule is CCCCCCOCc1cc(C#Cc2ccc(Br)nc2)cc(C#Cc2cc(C#C[Si](C(C)C)(C(C)C)C(C)C)cc(COCCCCCC)c2)c1. The second-order valence-corrected chi connectivity index (χ2v) is 21.0. The summed E-state index contributed by atoms with van der Waals surface area (Å²) in [6.07, 6.45) is 11.3. The van der Waals surface area contributed by atoms with Crippen LogP contribution in [0.15, 0.2) is 59.3 Å². The van der Waals surface area contributed by atoms with Crippen molar-refractivity contribution in [1.82, 2.24) is 4.98 Å². The highest BCUT2D eigenvalue weighted by molar-refractivity contribution is 9.10. The Morgan fingerprint density at radius 3 is 1.39 bits per heavy atom. The predicted molar refractivity (Wildman–Crippen MR) is 222 cm³/mol. The Kier molecular flexibility index (Phi) is 18.9. The molecule has 0 unspecified atom stereocenters. The Labute approximate surface area is 320 Å². The Balaban J connectivity index is 1.99. The monoisotopic (exact) mass is 765 g/mol. The Bertz CT molecular complexity index is 1670. The van der Waals surface area contributed by atoms with Crippen LogP contribution in [0, 0.1) is 35.1 Å². The summed E-state index contributed by atoms with van der Waals surface area (Å²) >= 11 is 3.41. The highest BCUT2D eigenvalue weighted by Crippen LogP contribution is 2.40. The van der Waals surface area contributed by atoms with Crippen molar-refractivity contribution in [2.45, 2.75) is 137 Å². The lowest BCUT2D eigenvalue weighted by atomic mass is 10.0. The number of rotatable bonds is 17. The molecule has 5 heteroatoms. The van der Waals surface area contributed by atoms with Crippen molar-refractivity contribution in [3.05, 3.63) is 98.3 Å². The summed E-state index contributed by atoms with van der Waals surface area (Å²) in [6, 6.07) is 16.7. The summed E-state index contributed by atoms with van der Waals surface area (Å²) in [6.45, 7) is 21.3. The molecule has 0 aliphatic carbocycles. The molecular formula is C46H60BrNO2Si. The van der Waals surface area contributed by atoms with Crippen LogP contribution < -0.4 is 0 Å². The molecule has 0 fully saturated rings. The number of halogens is 1. The molecule has 51 heavy (non-hydrogen) atoms. The van der Waals surface area contributed by atoms with Crippen LogP contribution in [0.5, 0.6) is 0 Å². The molecule has 0 saturated heterocycles. The van der Waals surface area contributed by atoms with Crippen molar-refractivity contribution in [3.63, 3.8) is 0 Å². The number of nitrogens with zero attached hydrogens (tertiary/aromatic N) is 1. The molecule has 0 bridgehead atoms. The molecule has 0 spiro atoms. The van der Waals surface area contributed by atoms with Crippen LogP contribution in [0.25, 0.3) is 0 Å². The standard InChI is InChI=1S/C46H60BrNO2Si/c1-9-11-13-15-24-49-34-44-29-40(18-17-39-21-22-46(47)48-33-39)27-41(30-44)19-20-42-28-43(23-26-51(36(3)4,37(5)6)38(7)8)32-45(31-42)35-50-25-16-14-12-10-2/h21-22,27-33,36-38H,9-16,24-25,34-35H2,1-8H3. The van der Waals surface area contributed by atoms with Crippen LogP contribution in [-0.4, -0.2) is 26.3 Å². The molecule has 2 aromatic carbocycles. The van der Waals surface area contributed by atoms with Crippen LogP contribution >= 0.6 is 15.9 Å². The number of pyridine rings is 1. The summed E-state index contributed by atoms with van der Waals surface area (Å²) in [5.41, 5.74) is 12.5. The molecule has 1 heterocycles. The normalized spacial score (nSPS) is 11.2. The van der Waals surface area contributed by atoms with Crippen LogP contribution in [0.2, 0.25) is 16.6 Å². The van der Waals surface area contributed by atoms with Gasteiger partial charge in [0.1, 0.15) is 12.7 Å². The maximum absolute atomic E-state index is 6.14. The molecule has 0 amide bonds. The van der Waals surface area contributed by atoms with Gasteiger partial charge >= 0.3 is 0 Å². The molecule has 3 aromatic rings. The maximum atomic E-state index is 6.14. The average molecular weight is 767 g/mol. The molecule has 0 N–H and O–H groups in total. The van der Waals surface area contributed by atoms with E-state index in [1.165, 1.54) is 38.5 Å².